The number of pyridine rings is 1. The lowest BCUT2D eigenvalue weighted by molar-refractivity contribution is -0.115. The van der Waals surface area contributed by atoms with Crippen LogP contribution in [0.5, 0.6) is 0 Å². The van der Waals surface area contributed by atoms with Gasteiger partial charge in [0.2, 0.25) is 5.91 Å². The first-order valence-electron chi connectivity index (χ1n) is 40.8. The molecule has 0 spiro atoms. The first kappa shape index (κ1) is 91.1. The number of hydrogen-bond acceptors (Lipinski definition) is 27. The summed E-state index contributed by atoms with van der Waals surface area (Å²) in [4.78, 5) is 116. The van der Waals surface area contributed by atoms with Gasteiger partial charge in [-0.05, 0) is 92.2 Å². The maximum absolute atomic E-state index is 13.0. The fourth-order valence-electron chi connectivity index (χ4n) is 13.7. The highest BCUT2D eigenvalue weighted by molar-refractivity contribution is 6.37. The second-order valence-electron chi connectivity index (χ2n) is 29.1. The van der Waals surface area contributed by atoms with Gasteiger partial charge in [0.1, 0.15) is 13.2 Å². The predicted octanol–water partition coefficient (Wildman–Crippen LogP) is 18.3. The lowest BCUT2D eigenvalue weighted by Crippen LogP contribution is -2.38. The van der Waals surface area contributed by atoms with Crippen LogP contribution in [0.1, 0.15) is 80.1 Å². The highest BCUT2D eigenvalue weighted by Crippen LogP contribution is 2.42. The van der Waals surface area contributed by atoms with Crippen LogP contribution in [0.4, 0.5) is 39.7 Å². The second kappa shape index (κ2) is 41.2. The van der Waals surface area contributed by atoms with Gasteiger partial charge in [0.05, 0.1) is 143 Å². The van der Waals surface area contributed by atoms with E-state index in [1.165, 1.54) is 18.2 Å². The summed E-state index contributed by atoms with van der Waals surface area (Å²) in [6, 6.07) is 61.8. The van der Waals surface area contributed by atoms with Gasteiger partial charge in [-0.25, -0.2) is 63.8 Å². The topological polar surface area (TPSA) is 501 Å². The van der Waals surface area contributed by atoms with Gasteiger partial charge >= 0.3 is 29.9 Å². The summed E-state index contributed by atoms with van der Waals surface area (Å²) in [7, 11) is 2.91. The molecule has 34 nitrogen and oxygen atoms in total. The SMILES string of the molecule is CCC(=O)Nc1nc(-c2cc(Cl)c3[nH]ncc3c2)c(-c2ccccc2)nc1N.CCNC(=O)N(C)c1nc(-c2cc(Cl)c3[nH]ncc3c2)c(-c2ccccc2)nc1N.CCOC(=O)c1ccc(COC(=O)c2nc(-c3cc(Cl)c4[nH]ncc4c3)c(-c3ccccc3)nc2N)nc1.COC(=O)c1ccc(COC(=O)c2nc(-c3cc(Cl)c4[nH]ncc4c3)c(-c3ccccc3)nc2N)cc1. The van der Waals surface area contributed by atoms with Crippen LogP contribution in [0.15, 0.2) is 237 Å². The molecule has 9 aromatic carbocycles. The molecule has 3 amide bonds. The number of methoxy groups -OCH3 is 1. The largest absolute Gasteiger partial charge is 0.465 e. The third kappa shape index (κ3) is 20.7. The van der Waals surface area contributed by atoms with Crippen molar-refractivity contribution in [2.75, 3.05) is 60.5 Å². The Morgan fingerprint density at radius 3 is 1.13 bits per heavy atom. The number of rotatable bonds is 21. The van der Waals surface area contributed by atoms with E-state index in [1.807, 2.05) is 153 Å². The molecule has 18 aromatic rings. The molecular formula is C95H78Cl4N24O10. The van der Waals surface area contributed by atoms with Crippen molar-refractivity contribution in [3.8, 4) is 90.1 Å². The van der Waals surface area contributed by atoms with E-state index in [-0.39, 0.29) is 78.1 Å². The van der Waals surface area contributed by atoms with E-state index in [4.69, 9.17) is 93.3 Å². The van der Waals surface area contributed by atoms with E-state index in [0.29, 0.717) is 123 Å². The van der Waals surface area contributed by atoms with Gasteiger partial charge < -0.3 is 52.5 Å². The molecule has 18 rings (SSSR count). The Hall–Kier alpha value is -16.7. The monoisotopic (exact) mass is 1850 g/mol. The van der Waals surface area contributed by atoms with Gasteiger partial charge in [0, 0.05) is 92.3 Å². The highest BCUT2D eigenvalue weighted by Gasteiger charge is 2.28. The molecule has 9 heterocycles. The molecule has 9 aromatic heterocycles. The van der Waals surface area contributed by atoms with Crippen molar-refractivity contribution in [1.29, 1.82) is 0 Å². The van der Waals surface area contributed by atoms with E-state index >= 15 is 0 Å². The number of urea groups is 1. The standard InChI is InChI=1S/C27H21ClN6O4.C27H20ClN5O4.C21H20ClN7O.C20H17ClN6O/c1-2-37-26(35)16-8-9-19(30-12-16)14-38-27(36)24-25(29)33-22(15-6-4-3-5-7-15)23(32-24)17-10-18-13-31-34-21(18)20(28)11-17;1-36-26(34)17-9-7-15(8-10-17)14-37-27(35)24-25(29)32-22(16-5-3-2-4-6-16)23(31-24)18-11-19-13-30-33-21(19)20(28)12-18;1-3-24-21(30)29(2)20-19(23)26-17(12-7-5-4-6-8-12)18(27-20)13-9-14-11-25-28-16(14)15(22)10-13;1-2-15(28)24-20-19(22)25-17(11-6-4-3-5-7-11)18(26-20)12-8-13-10-23-27-16(13)14(21)9-12/h3-13H,2,14H2,1H3,(H2,29,33)(H,31,34);2-13H,14H2,1H3,(H2,29,32)(H,30,33);4-11H,3H2,1-2H3,(H2,23,26)(H,24,30)(H,25,28);3-10H,2H2,1H3,(H2,22,25)(H,23,27)(H,24,26,28). The summed E-state index contributed by atoms with van der Waals surface area (Å²) in [5.74, 6) is -1.99. The second-order valence-corrected chi connectivity index (χ2v) is 30.8. The first-order chi connectivity index (χ1) is 64.4. The van der Waals surface area contributed by atoms with Gasteiger partial charge in [-0.1, -0.05) is 187 Å². The summed E-state index contributed by atoms with van der Waals surface area (Å²) < 4.78 is 20.5. The number of nitrogens with one attached hydrogen (secondary N) is 6. The zero-order valence-electron chi connectivity index (χ0n) is 71.2. The average Bonchev–Trinajstić information content (AvgIpc) is 1.77. The van der Waals surface area contributed by atoms with E-state index in [9.17, 15) is 28.8 Å². The van der Waals surface area contributed by atoms with Crippen LogP contribution < -0.4 is 38.5 Å². The quantitative estimate of drug-likeness (QED) is 0.0236. The van der Waals surface area contributed by atoms with E-state index < -0.39 is 23.9 Å². The maximum Gasteiger partial charge on any atom is 0.361 e. The Labute approximate surface area is 776 Å². The van der Waals surface area contributed by atoms with Crippen LogP contribution in [0.3, 0.4) is 0 Å². The third-order valence-electron chi connectivity index (χ3n) is 20.3. The van der Waals surface area contributed by atoms with Crippen LogP contribution in [-0.2, 0) is 37.0 Å². The molecule has 38 heteroatoms. The van der Waals surface area contributed by atoms with Crippen molar-refractivity contribution in [3.63, 3.8) is 0 Å². The fourth-order valence-corrected chi connectivity index (χ4v) is 14.8. The lowest BCUT2D eigenvalue weighted by atomic mass is 10.0. The lowest BCUT2D eigenvalue weighted by Gasteiger charge is -2.20. The predicted molar refractivity (Wildman–Crippen MR) is 511 cm³/mol. The van der Waals surface area contributed by atoms with Crippen molar-refractivity contribution in [2.45, 2.75) is 40.4 Å². The van der Waals surface area contributed by atoms with Crippen molar-refractivity contribution in [1.82, 2.24) is 91.0 Å². The van der Waals surface area contributed by atoms with Gasteiger partial charge in [0.25, 0.3) is 0 Å². The number of halogens is 4. The van der Waals surface area contributed by atoms with E-state index in [1.54, 1.807) is 106 Å². The van der Waals surface area contributed by atoms with E-state index in [2.05, 4.69) is 91.3 Å². The number of fused-ring (bicyclic) bond motifs is 4. The minimum Gasteiger partial charge on any atom is -0.465 e. The molecule has 0 fully saturated rings. The molecule has 0 unspecified atom stereocenters. The minimum atomic E-state index is -0.775. The van der Waals surface area contributed by atoms with Crippen molar-refractivity contribution in [3.05, 3.63) is 291 Å². The molecule has 133 heavy (non-hydrogen) atoms. The zero-order valence-corrected chi connectivity index (χ0v) is 74.2. The third-order valence-corrected chi connectivity index (χ3v) is 21.5. The molecule has 0 aliphatic heterocycles. The summed E-state index contributed by atoms with van der Waals surface area (Å²) in [5.41, 5.74) is 39.1. The number of anilines is 6. The molecule has 666 valence electrons. The van der Waals surface area contributed by atoms with Crippen molar-refractivity contribution in [2.24, 2.45) is 0 Å². The fraction of sp³-hybridized carbons (Fsp3) is 0.105. The summed E-state index contributed by atoms with van der Waals surface area (Å²) in [5, 5.41) is 38.2. The molecule has 0 bridgehead atoms. The first-order valence-corrected chi connectivity index (χ1v) is 42.3. The van der Waals surface area contributed by atoms with Crippen LogP contribution in [0.2, 0.25) is 20.1 Å². The molecule has 14 N–H and O–H groups in total. The number of aromatic amines is 4. The van der Waals surface area contributed by atoms with Crippen LogP contribution >= 0.6 is 46.4 Å². The highest BCUT2D eigenvalue weighted by atomic mass is 35.5. The number of carbonyl (C=O) groups is 6. The number of nitrogens with two attached hydrogens (primary N) is 4. The molecule has 0 aliphatic carbocycles. The van der Waals surface area contributed by atoms with Gasteiger partial charge in [-0.3, -0.25) is 35.1 Å². The van der Waals surface area contributed by atoms with Crippen LogP contribution in [0.25, 0.3) is 134 Å². The number of esters is 4. The molecular weight excluding hydrogens is 1780 g/mol. The molecule has 0 atom stereocenters. The number of nitrogens with zero attached hydrogens (tertiary/aromatic N) is 14. The Balaban J connectivity index is 0.000000136. The number of amides is 3. The normalized spacial score (nSPS) is 10.9. The Kier molecular flexibility index (Phi) is 28.2. The number of ether oxygens (including phenoxy) is 4. The zero-order chi connectivity index (χ0) is 93.5. The number of nitrogen functional groups attached to an aromatic ring is 4. The van der Waals surface area contributed by atoms with Crippen molar-refractivity contribution < 1.29 is 47.7 Å². The minimum absolute atomic E-state index is 0.0516. The number of benzene rings is 9. The van der Waals surface area contributed by atoms with Crippen LogP contribution in [-0.4, -0.2) is 149 Å². The number of hydrogen-bond donors (Lipinski definition) is 10. The van der Waals surface area contributed by atoms with Gasteiger partial charge in [0.15, 0.2) is 46.3 Å². The van der Waals surface area contributed by atoms with Gasteiger partial charge in [-0.15, -0.1) is 0 Å². The Bertz CT molecular complexity index is 7390. The number of aromatic nitrogens is 17. The van der Waals surface area contributed by atoms with Gasteiger partial charge in [-0.2, -0.15) is 20.4 Å². The molecule has 0 saturated carbocycles. The maximum atomic E-state index is 13.0. The Morgan fingerprint density at radius 1 is 0.383 bits per heavy atom. The molecule has 0 saturated heterocycles. The summed E-state index contributed by atoms with van der Waals surface area (Å²) >= 11 is 25.8. The van der Waals surface area contributed by atoms with Crippen molar-refractivity contribution >= 4 is 161 Å². The molecule has 0 aliphatic rings. The smallest absolute Gasteiger partial charge is 0.361 e. The number of carbonyl (C=O) groups excluding carboxylic acids is 6. The van der Waals surface area contributed by atoms with Crippen LogP contribution in [0, 0.1) is 0 Å². The summed E-state index contributed by atoms with van der Waals surface area (Å²) in [6.07, 6.45) is 8.35. The number of H-pyrrole nitrogens is 4. The summed E-state index contributed by atoms with van der Waals surface area (Å²) in [6.45, 7) is 5.84. The van der Waals surface area contributed by atoms with E-state index in [0.717, 1.165) is 66.0 Å². The average molecular weight is 1860 g/mol. The molecule has 0 radical (unpaired) electrons. The Morgan fingerprint density at radius 2 is 0.752 bits per heavy atom.